The number of aromatic nitrogens is 2. The average Bonchev–Trinajstić information content (AvgIpc) is 2.82. The van der Waals surface area contributed by atoms with E-state index in [1.807, 2.05) is 13.8 Å². The van der Waals surface area contributed by atoms with Gasteiger partial charge in [-0.1, -0.05) is 13.8 Å². The number of H-pyrrole nitrogens is 1. The van der Waals surface area contributed by atoms with Gasteiger partial charge in [0.25, 0.3) is 5.91 Å². The molecule has 5 nitrogen and oxygen atoms in total. The van der Waals surface area contributed by atoms with Crippen molar-refractivity contribution in [2.45, 2.75) is 26.7 Å². The monoisotopic (exact) mass is 276 g/mol. The number of nitrogen functional groups attached to an aromatic ring is 1. The summed E-state index contributed by atoms with van der Waals surface area (Å²) in [7, 11) is 0. The van der Waals surface area contributed by atoms with Crippen molar-refractivity contribution in [3.8, 4) is 0 Å². The molecule has 106 valence electrons. The quantitative estimate of drug-likeness (QED) is 0.754. The molecule has 6 heteroatoms. The first-order valence-corrected chi connectivity index (χ1v) is 6.30. The zero-order chi connectivity index (χ0) is 14.9. The lowest BCUT2D eigenvalue weighted by Crippen LogP contribution is -2.15. The summed E-state index contributed by atoms with van der Waals surface area (Å²) in [6.45, 7) is 5.56. The third kappa shape index (κ3) is 2.79. The molecule has 0 unspecified atom stereocenters. The lowest BCUT2D eigenvalue weighted by atomic mass is 10.1. The van der Waals surface area contributed by atoms with Crippen LogP contribution >= 0.6 is 0 Å². The second kappa shape index (κ2) is 5.32. The van der Waals surface area contributed by atoms with Crippen LogP contribution in [0.1, 0.15) is 41.4 Å². The van der Waals surface area contributed by atoms with Crippen LogP contribution in [0.4, 0.5) is 15.9 Å². The van der Waals surface area contributed by atoms with Crippen molar-refractivity contribution in [1.82, 2.24) is 10.2 Å². The Kier molecular flexibility index (Phi) is 3.74. The summed E-state index contributed by atoms with van der Waals surface area (Å²) in [5, 5.41) is 9.33. The molecular weight excluding hydrogens is 259 g/mol. The van der Waals surface area contributed by atoms with E-state index in [9.17, 15) is 9.18 Å². The Morgan fingerprint density at radius 2 is 2.10 bits per heavy atom. The number of hydrogen-bond acceptors (Lipinski definition) is 3. The molecule has 0 bridgehead atoms. The summed E-state index contributed by atoms with van der Waals surface area (Å²) in [4.78, 5) is 12.1. The van der Waals surface area contributed by atoms with Gasteiger partial charge >= 0.3 is 0 Å². The van der Waals surface area contributed by atoms with Crippen LogP contribution in [-0.4, -0.2) is 16.1 Å². The summed E-state index contributed by atoms with van der Waals surface area (Å²) in [5.74, 6) is -0.520. The van der Waals surface area contributed by atoms with Gasteiger partial charge in [0.1, 0.15) is 5.82 Å². The van der Waals surface area contributed by atoms with Gasteiger partial charge < -0.3 is 11.1 Å². The molecule has 4 N–H and O–H groups in total. The van der Waals surface area contributed by atoms with E-state index >= 15 is 0 Å². The minimum Gasteiger partial charge on any atom is -0.399 e. The highest BCUT2D eigenvalue weighted by Gasteiger charge is 2.16. The summed E-state index contributed by atoms with van der Waals surface area (Å²) >= 11 is 0. The van der Waals surface area contributed by atoms with Crippen LogP contribution in [-0.2, 0) is 0 Å². The van der Waals surface area contributed by atoms with E-state index in [1.54, 1.807) is 13.0 Å². The molecule has 1 amide bonds. The molecule has 1 aromatic carbocycles. The van der Waals surface area contributed by atoms with Gasteiger partial charge in [0.2, 0.25) is 0 Å². The number of aryl methyl sites for hydroxylation is 1. The third-order valence-electron chi connectivity index (χ3n) is 2.98. The molecule has 0 saturated heterocycles. The van der Waals surface area contributed by atoms with Gasteiger partial charge in [-0.25, -0.2) is 4.39 Å². The van der Waals surface area contributed by atoms with Crippen molar-refractivity contribution in [3.63, 3.8) is 0 Å². The fraction of sp³-hybridized carbons (Fsp3) is 0.286. The number of aromatic amines is 1. The first-order chi connectivity index (χ1) is 9.38. The summed E-state index contributed by atoms with van der Waals surface area (Å²) in [6.07, 6.45) is 0. The molecule has 1 heterocycles. The molecule has 2 aromatic rings. The molecule has 0 saturated carbocycles. The molecular formula is C14H17FN4O. The predicted molar refractivity (Wildman–Crippen MR) is 76.2 cm³/mol. The molecule has 0 aliphatic heterocycles. The van der Waals surface area contributed by atoms with Gasteiger partial charge in [-0.15, -0.1) is 0 Å². The second-order valence-electron chi connectivity index (χ2n) is 5.02. The van der Waals surface area contributed by atoms with Crippen molar-refractivity contribution in [1.29, 1.82) is 0 Å². The summed E-state index contributed by atoms with van der Waals surface area (Å²) < 4.78 is 13.9. The second-order valence-corrected chi connectivity index (χ2v) is 5.02. The molecule has 0 aliphatic rings. The standard InChI is InChI=1S/C14H17FN4O/c1-7(2)11-6-12(19-18-11)17-14(20)10-5-9(16)4-8(3)13(10)15/h4-7H,16H2,1-3H3,(H2,17,18,19,20). The van der Waals surface area contributed by atoms with Crippen LogP contribution in [0.3, 0.4) is 0 Å². The van der Waals surface area contributed by atoms with E-state index in [2.05, 4.69) is 15.5 Å². The minimum absolute atomic E-state index is 0.0865. The summed E-state index contributed by atoms with van der Waals surface area (Å²) in [6, 6.07) is 4.52. The van der Waals surface area contributed by atoms with Crippen LogP contribution in [0.25, 0.3) is 0 Å². The number of rotatable bonds is 3. The molecule has 0 spiro atoms. The zero-order valence-corrected chi connectivity index (χ0v) is 11.6. The maximum absolute atomic E-state index is 13.9. The lowest BCUT2D eigenvalue weighted by Gasteiger charge is -2.07. The Bertz CT molecular complexity index is 649. The normalized spacial score (nSPS) is 10.8. The first-order valence-electron chi connectivity index (χ1n) is 6.30. The molecule has 0 fully saturated rings. The molecule has 20 heavy (non-hydrogen) atoms. The molecule has 0 radical (unpaired) electrons. The highest BCUT2D eigenvalue weighted by molar-refractivity contribution is 6.04. The highest BCUT2D eigenvalue weighted by Crippen LogP contribution is 2.19. The lowest BCUT2D eigenvalue weighted by molar-refractivity contribution is 0.102. The number of carbonyl (C=O) groups excluding carboxylic acids is 1. The van der Waals surface area contributed by atoms with E-state index in [0.29, 0.717) is 17.1 Å². The van der Waals surface area contributed by atoms with E-state index < -0.39 is 11.7 Å². The van der Waals surface area contributed by atoms with Crippen molar-refractivity contribution >= 4 is 17.4 Å². The number of carbonyl (C=O) groups is 1. The van der Waals surface area contributed by atoms with Crippen LogP contribution in [0.15, 0.2) is 18.2 Å². The number of halogens is 1. The zero-order valence-electron chi connectivity index (χ0n) is 11.6. The van der Waals surface area contributed by atoms with Crippen LogP contribution in [0.5, 0.6) is 0 Å². The van der Waals surface area contributed by atoms with E-state index in [-0.39, 0.29) is 11.5 Å². The van der Waals surface area contributed by atoms with Crippen molar-refractivity contribution in [2.24, 2.45) is 0 Å². The Morgan fingerprint density at radius 1 is 1.40 bits per heavy atom. The number of nitrogens with one attached hydrogen (secondary N) is 2. The number of amides is 1. The van der Waals surface area contributed by atoms with Crippen molar-refractivity contribution < 1.29 is 9.18 Å². The average molecular weight is 276 g/mol. The smallest absolute Gasteiger partial charge is 0.259 e. The maximum atomic E-state index is 13.9. The summed E-state index contributed by atoms with van der Waals surface area (Å²) in [5.41, 5.74) is 7.12. The fourth-order valence-electron chi connectivity index (χ4n) is 1.84. The van der Waals surface area contributed by atoms with Gasteiger partial charge in [-0.05, 0) is 30.5 Å². The number of hydrogen-bond donors (Lipinski definition) is 3. The molecule has 0 atom stereocenters. The molecule has 2 rings (SSSR count). The van der Waals surface area contributed by atoms with Gasteiger partial charge in [0, 0.05) is 17.4 Å². The van der Waals surface area contributed by atoms with Crippen LogP contribution < -0.4 is 11.1 Å². The van der Waals surface area contributed by atoms with E-state index in [1.165, 1.54) is 12.1 Å². The third-order valence-corrected chi connectivity index (χ3v) is 2.98. The Labute approximate surface area is 116 Å². The van der Waals surface area contributed by atoms with Crippen LogP contribution in [0, 0.1) is 12.7 Å². The van der Waals surface area contributed by atoms with E-state index in [0.717, 1.165) is 5.69 Å². The maximum Gasteiger partial charge on any atom is 0.259 e. The fourth-order valence-corrected chi connectivity index (χ4v) is 1.84. The van der Waals surface area contributed by atoms with Gasteiger partial charge in [-0.2, -0.15) is 5.10 Å². The largest absolute Gasteiger partial charge is 0.399 e. The van der Waals surface area contributed by atoms with Crippen LogP contribution in [0.2, 0.25) is 0 Å². The van der Waals surface area contributed by atoms with Crippen molar-refractivity contribution in [2.75, 3.05) is 11.1 Å². The Balaban J connectivity index is 2.23. The van der Waals surface area contributed by atoms with E-state index in [4.69, 9.17) is 5.73 Å². The Morgan fingerprint density at radius 3 is 2.70 bits per heavy atom. The van der Waals surface area contributed by atoms with Gasteiger partial charge in [0.05, 0.1) is 5.56 Å². The van der Waals surface area contributed by atoms with Gasteiger partial charge in [-0.3, -0.25) is 9.89 Å². The topological polar surface area (TPSA) is 83.8 Å². The SMILES string of the molecule is Cc1cc(N)cc(C(=O)Nc2cc(C(C)C)[nH]n2)c1F. The molecule has 0 aliphatic carbocycles. The highest BCUT2D eigenvalue weighted by atomic mass is 19.1. The number of benzene rings is 1. The number of anilines is 2. The first kappa shape index (κ1) is 14.0. The predicted octanol–water partition coefficient (Wildman–Crippen LogP) is 2.82. The minimum atomic E-state index is -0.573. The van der Waals surface area contributed by atoms with Crippen molar-refractivity contribution in [3.05, 3.63) is 40.8 Å². The Hall–Kier alpha value is -2.37. The number of nitrogens with two attached hydrogens (primary N) is 1. The molecule has 1 aromatic heterocycles. The number of nitrogens with zero attached hydrogens (tertiary/aromatic N) is 1. The van der Waals surface area contributed by atoms with Gasteiger partial charge in [0.15, 0.2) is 5.82 Å².